The summed E-state index contributed by atoms with van der Waals surface area (Å²) in [7, 11) is 0. The number of aliphatic hydroxyl groups excluding tert-OH is 1. The summed E-state index contributed by atoms with van der Waals surface area (Å²) in [5.41, 5.74) is 1.87. The third-order valence-corrected chi connectivity index (χ3v) is 4.03. The van der Waals surface area contributed by atoms with Gasteiger partial charge in [0.2, 0.25) is 0 Å². The minimum atomic E-state index is -0.716. The van der Waals surface area contributed by atoms with Crippen LogP contribution in [0.25, 0.3) is 0 Å². The SMILES string of the molecule is Cc1csc(Cn2ccnc2[C@H](O)c2ccccc2)n1. The average Bonchev–Trinajstić information content (AvgIpc) is 3.09. The highest BCUT2D eigenvalue weighted by atomic mass is 32.1. The van der Waals surface area contributed by atoms with E-state index in [1.165, 1.54) is 0 Å². The molecule has 2 heterocycles. The largest absolute Gasteiger partial charge is 0.380 e. The van der Waals surface area contributed by atoms with Gasteiger partial charge in [-0.3, -0.25) is 0 Å². The molecule has 3 rings (SSSR count). The first-order valence-electron chi connectivity index (χ1n) is 6.39. The normalized spacial score (nSPS) is 12.5. The maximum absolute atomic E-state index is 10.4. The number of rotatable bonds is 4. The van der Waals surface area contributed by atoms with Crippen LogP contribution in [-0.2, 0) is 6.54 Å². The zero-order valence-corrected chi connectivity index (χ0v) is 11.9. The number of thiazole rings is 1. The van der Waals surface area contributed by atoms with Crippen LogP contribution < -0.4 is 0 Å². The summed E-state index contributed by atoms with van der Waals surface area (Å²) >= 11 is 1.62. The third-order valence-electron chi connectivity index (χ3n) is 3.08. The average molecular weight is 285 g/mol. The van der Waals surface area contributed by atoms with E-state index in [-0.39, 0.29) is 0 Å². The minimum Gasteiger partial charge on any atom is -0.380 e. The molecule has 5 heteroatoms. The van der Waals surface area contributed by atoms with Gasteiger partial charge in [0.05, 0.1) is 6.54 Å². The van der Waals surface area contributed by atoms with Gasteiger partial charge < -0.3 is 9.67 Å². The van der Waals surface area contributed by atoms with E-state index in [0.29, 0.717) is 12.4 Å². The predicted octanol–water partition coefficient (Wildman–Crippen LogP) is 2.78. The zero-order valence-electron chi connectivity index (χ0n) is 11.1. The van der Waals surface area contributed by atoms with Crippen LogP contribution in [0.2, 0.25) is 0 Å². The number of aliphatic hydroxyl groups is 1. The molecule has 1 aromatic carbocycles. The number of benzene rings is 1. The molecule has 0 bridgehead atoms. The lowest BCUT2D eigenvalue weighted by molar-refractivity contribution is 0.205. The molecular weight excluding hydrogens is 270 g/mol. The van der Waals surface area contributed by atoms with Gasteiger partial charge in [0.25, 0.3) is 0 Å². The molecule has 0 radical (unpaired) electrons. The van der Waals surface area contributed by atoms with Gasteiger partial charge in [-0.15, -0.1) is 11.3 Å². The van der Waals surface area contributed by atoms with Crippen LogP contribution in [0.5, 0.6) is 0 Å². The second-order valence-corrected chi connectivity index (χ2v) is 5.55. The highest BCUT2D eigenvalue weighted by molar-refractivity contribution is 7.09. The Balaban J connectivity index is 1.86. The Morgan fingerprint density at radius 1 is 1.30 bits per heavy atom. The lowest BCUT2D eigenvalue weighted by Gasteiger charge is -2.12. The standard InChI is InChI=1S/C15H15N3OS/c1-11-10-20-13(17-11)9-18-8-7-16-15(18)14(19)12-5-3-2-4-6-12/h2-8,10,14,19H,9H2,1H3/t14-/m1/s1. The van der Waals surface area contributed by atoms with Gasteiger partial charge in [-0.1, -0.05) is 30.3 Å². The van der Waals surface area contributed by atoms with E-state index in [0.717, 1.165) is 16.3 Å². The van der Waals surface area contributed by atoms with Crippen molar-refractivity contribution in [2.24, 2.45) is 0 Å². The molecular formula is C15H15N3OS. The molecule has 4 nitrogen and oxygen atoms in total. The maximum Gasteiger partial charge on any atom is 0.142 e. The molecule has 0 saturated heterocycles. The Hall–Kier alpha value is -1.98. The van der Waals surface area contributed by atoms with E-state index in [1.54, 1.807) is 17.5 Å². The number of hydrogen-bond donors (Lipinski definition) is 1. The molecule has 0 spiro atoms. The molecule has 0 aliphatic rings. The lowest BCUT2D eigenvalue weighted by atomic mass is 10.1. The summed E-state index contributed by atoms with van der Waals surface area (Å²) in [4.78, 5) is 8.73. The van der Waals surface area contributed by atoms with Gasteiger partial charge in [-0.25, -0.2) is 9.97 Å². The first kappa shape index (κ1) is 13.0. The van der Waals surface area contributed by atoms with Gasteiger partial charge in [0.1, 0.15) is 16.9 Å². The molecule has 0 fully saturated rings. The van der Waals surface area contributed by atoms with E-state index in [9.17, 15) is 5.11 Å². The smallest absolute Gasteiger partial charge is 0.142 e. The fourth-order valence-corrected chi connectivity index (χ4v) is 2.88. The Kier molecular flexibility index (Phi) is 3.62. The van der Waals surface area contributed by atoms with Crippen LogP contribution >= 0.6 is 11.3 Å². The van der Waals surface area contributed by atoms with Gasteiger partial charge in [0, 0.05) is 23.5 Å². The van der Waals surface area contributed by atoms with Crippen LogP contribution in [0.4, 0.5) is 0 Å². The second-order valence-electron chi connectivity index (χ2n) is 4.61. The topological polar surface area (TPSA) is 50.9 Å². The number of aryl methyl sites for hydroxylation is 1. The van der Waals surface area contributed by atoms with Crippen molar-refractivity contribution in [2.75, 3.05) is 0 Å². The summed E-state index contributed by atoms with van der Waals surface area (Å²) in [5, 5.41) is 13.5. The molecule has 0 amide bonds. The predicted molar refractivity (Wildman–Crippen MR) is 78.7 cm³/mol. The molecule has 3 aromatic rings. The summed E-state index contributed by atoms with van der Waals surface area (Å²) < 4.78 is 1.94. The fraction of sp³-hybridized carbons (Fsp3) is 0.200. The summed E-state index contributed by atoms with van der Waals surface area (Å²) in [6, 6.07) is 9.56. The Bertz CT molecular complexity index is 690. The molecule has 0 saturated carbocycles. The monoisotopic (exact) mass is 285 g/mol. The van der Waals surface area contributed by atoms with Crippen molar-refractivity contribution in [2.45, 2.75) is 19.6 Å². The van der Waals surface area contributed by atoms with Crippen molar-refractivity contribution in [3.8, 4) is 0 Å². The first-order valence-corrected chi connectivity index (χ1v) is 7.27. The van der Waals surface area contributed by atoms with Crippen LogP contribution in [0, 0.1) is 6.92 Å². The maximum atomic E-state index is 10.4. The third kappa shape index (κ3) is 2.64. The molecule has 1 N–H and O–H groups in total. The summed E-state index contributed by atoms with van der Waals surface area (Å²) in [6.07, 6.45) is 2.87. The Morgan fingerprint density at radius 3 is 2.80 bits per heavy atom. The van der Waals surface area contributed by atoms with Crippen LogP contribution in [0.15, 0.2) is 48.1 Å². The molecule has 1 atom stereocenters. The van der Waals surface area contributed by atoms with E-state index in [2.05, 4.69) is 9.97 Å². The highest BCUT2D eigenvalue weighted by Gasteiger charge is 2.16. The summed E-state index contributed by atoms with van der Waals surface area (Å²) in [5.74, 6) is 0.643. The van der Waals surface area contributed by atoms with Gasteiger partial charge in [-0.2, -0.15) is 0 Å². The Labute approximate surface area is 121 Å². The van der Waals surface area contributed by atoms with E-state index < -0.39 is 6.10 Å². The fourth-order valence-electron chi connectivity index (χ4n) is 2.11. The number of hydrogen-bond acceptors (Lipinski definition) is 4. The molecule has 102 valence electrons. The zero-order chi connectivity index (χ0) is 13.9. The van der Waals surface area contributed by atoms with Crippen molar-refractivity contribution in [3.63, 3.8) is 0 Å². The van der Waals surface area contributed by atoms with Gasteiger partial charge in [0.15, 0.2) is 0 Å². The van der Waals surface area contributed by atoms with Crippen molar-refractivity contribution < 1.29 is 5.11 Å². The van der Waals surface area contributed by atoms with E-state index in [4.69, 9.17) is 0 Å². The quantitative estimate of drug-likeness (QED) is 0.802. The number of nitrogens with zero attached hydrogens (tertiary/aromatic N) is 3. The van der Waals surface area contributed by atoms with Crippen molar-refractivity contribution in [1.29, 1.82) is 0 Å². The highest BCUT2D eigenvalue weighted by Crippen LogP contribution is 2.21. The second kappa shape index (κ2) is 5.56. The number of imidazole rings is 1. The van der Waals surface area contributed by atoms with Crippen LogP contribution in [0.1, 0.15) is 28.2 Å². The summed E-state index contributed by atoms with van der Waals surface area (Å²) in [6.45, 7) is 2.62. The van der Waals surface area contributed by atoms with Crippen LogP contribution in [0.3, 0.4) is 0 Å². The van der Waals surface area contributed by atoms with Crippen molar-refractivity contribution in [3.05, 3.63) is 70.2 Å². The molecule has 0 aliphatic heterocycles. The van der Waals surface area contributed by atoms with Gasteiger partial charge >= 0.3 is 0 Å². The van der Waals surface area contributed by atoms with E-state index >= 15 is 0 Å². The van der Waals surface area contributed by atoms with Crippen molar-refractivity contribution >= 4 is 11.3 Å². The Morgan fingerprint density at radius 2 is 2.10 bits per heavy atom. The van der Waals surface area contributed by atoms with Crippen molar-refractivity contribution in [1.82, 2.24) is 14.5 Å². The minimum absolute atomic E-state index is 0.637. The molecule has 2 aromatic heterocycles. The molecule has 0 unspecified atom stereocenters. The molecule has 0 aliphatic carbocycles. The van der Waals surface area contributed by atoms with Gasteiger partial charge in [-0.05, 0) is 12.5 Å². The molecule has 20 heavy (non-hydrogen) atoms. The van der Waals surface area contributed by atoms with E-state index in [1.807, 2.05) is 53.4 Å². The lowest BCUT2D eigenvalue weighted by Crippen LogP contribution is -2.10. The number of aromatic nitrogens is 3. The first-order chi connectivity index (χ1) is 9.74. The van der Waals surface area contributed by atoms with Crippen LogP contribution in [-0.4, -0.2) is 19.6 Å².